The molecule has 5 heteroatoms. The van der Waals surface area contributed by atoms with Crippen LogP contribution in [0, 0.1) is 0 Å². The van der Waals surface area contributed by atoms with Crippen molar-refractivity contribution in [1.29, 1.82) is 0 Å². The second kappa shape index (κ2) is 8.28. The van der Waals surface area contributed by atoms with E-state index in [0.717, 1.165) is 48.6 Å². The first-order valence-electron chi connectivity index (χ1n) is 10.1. The molecule has 3 aromatic carbocycles. The van der Waals surface area contributed by atoms with Gasteiger partial charge < -0.3 is 4.74 Å². The van der Waals surface area contributed by atoms with Crippen molar-refractivity contribution < 1.29 is 9.53 Å². The summed E-state index contributed by atoms with van der Waals surface area (Å²) in [6.07, 6.45) is 2.58. The highest BCUT2D eigenvalue weighted by Crippen LogP contribution is 2.28. The summed E-state index contributed by atoms with van der Waals surface area (Å²) in [7, 11) is 1.65. The molecule has 0 aliphatic rings. The first-order chi connectivity index (χ1) is 15.2. The molecule has 0 saturated heterocycles. The second-order valence-electron chi connectivity index (χ2n) is 7.41. The van der Waals surface area contributed by atoms with Crippen LogP contribution in [0.25, 0.3) is 32.2 Å². The maximum Gasteiger partial charge on any atom is 0.144 e. The number of carbonyl (C=O) groups is 1. The van der Waals surface area contributed by atoms with Crippen LogP contribution < -0.4 is 4.74 Å². The lowest BCUT2D eigenvalue weighted by atomic mass is 9.99. The molecule has 0 N–H and O–H groups in total. The van der Waals surface area contributed by atoms with Crippen LogP contribution in [-0.4, -0.2) is 22.9 Å². The maximum atomic E-state index is 12.6. The van der Waals surface area contributed by atoms with E-state index in [2.05, 4.69) is 28.2 Å². The van der Waals surface area contributed by atoms with Gasteiger partial charge in [0, 0.05) is 18.0 Å². The van der Waals surface area contributed by atoms with Gasteiger partial charge in [-0.05, 0) is 47.0 Å². The molecule has 152 valence electrons. The van der Waals surface area contributed by atoms with E-state index in [1.54, 1.807) is 18.4 Å². The van der Waals surface area contributed by atoms with Gasteiger partial charge in [-0.25, -0.2) is 4.98 Å². The van der Waals surface area contributed by atoms with E-state index in [1.807, 2.05) is 60.8 Å². The van der Waals surface area contributed by atoms with Crippen LogP contribution in [0.3, 0.4) is 0 Å². The Labute approximate surface area is 184 Å². The standard InChI is InChI=1S/C26H20N2O2S/c1-30-20-10-11-24-25(16-20)31-26(28-24)15-19(29)14-17-6-8-18(9-7-17)21-12-13-27-23-5-3-2-4-22(21)23/h2-13,16H,14-15H2,1H3. The fraction of sp³-hybridized carbons (Fsp3) is 0.115. The molecule has 0 spiro atoms. The summed E-state index contributed by atoms with van der Waals surface area (Å²) in [5, 5.41) is 1.97. The van der Waals surface area contributed by atoms with E-state index >= 15 is 0 Å². The monoisotopic (exact) mass is 424 g/mol. The third-order valence-corrected chi connectivity index (χ3v) is 6.32. The number of ketones is 1. The minimum absolute atomic E-state index is 0.160. The quantitative estimate of drug-likeness (QED) is 0.342. The number of rotatable bonds is 6. The number of hydrogen-bond donors (Lipinski definition) is 0. The van der Waals surface area contributed by atoms with Gasteiger partial charge in [0.1, 0.15) is 16.5 Å². The predicted octanol–water partition coefficient (Wildman–Crippen LogP) is 5.87. The number of hydrogen-bond acceptors (Lipinski definition) is 5. The topological polar surface area (TPSA) is 52.1 Å². The zero-order chi connectivity index (χ0) is 21.2. The molecule has 0 unspecified atom stereocenters. The lowest BCUT2D eigenvalue weighted by Crippen LogP contribution is -2.06. The summed E-state index contributed by atoms with van der Waals surface area (Å²) < 4.78 is 6.30. The molecule has 0 aliphatic carbocycles. The van der Waals surface area contributed by atoms with Crippen molar-refractivity contribution in [3.63, 3.8) is 0 Å². The summed E-state index contributed by atoms with van der Waals surface area (Å²) in [4.78, 5) is 21.7. The van der Waals surface area contributed by atoms with Crippen molar-refractivity contribution in [3.8, 4) is 16.9 Å². The van der Waals surface area contributed by atoms with Gasteiger partial charge in [-0.1, -0.05) is 42.5 Å². The molecular formula is C26H20N2O2S. The van der Waals surface area contributed by atoms with Crippen molar-refractivity contribution in [2.75, 3.05) is 7.11 Å². The zero-order valence-electron chi connectivity index (χ0n) is 17.0. The Hall–Kier alpha value is -3.57. The fourth-order valence-corrected chi connectivity index (χ4v) is 4.79. The molecule has 0 fully saturated rings. The van der Waals surface area contributed by atoms with Crippen LogP contribution in [0.15, 0.2) is 79.0 Å². The molecule has 4 nitrogen and oxygen atoms in total. The summed E-state index contributed by atoms with van der Waals surface area (Å²) in [5.74, 6) is 0.962. The number of pyridine rings is 1. The van der Waals surface area contributed by atoms with Gasteiger partial charge in [-0.2, -0.15) is 0 Å². The molecule has 0 atom stereocenters. The summed E-state index contributed by atoms with van der Waals surface area (Å²) >= 11 is 1.55. The van der Waals surface area contributed by atoms with Gasteiger partial charge in [0.25, 0.3) is 0 Å². The van der Waals surface area contributed by atoms with Crippen LogP contribution in [-0.2, 0) is 17.6 Å². The van der Waals surface area contributed by atoms with Crippen molar-refractivity contribution in [3.05, 3.63) is 89.6 Å². The van der Waals surface area contributed by atoms with Crippen LogP contribution >= 0.6 is 11.3 Å². The normalized spacial score (nSPS) is 11.1. The number of methoxy groups -OCH3 is 1. The van der Waals surface area contributed by atoms with E-state index in [-0.39, 0.29) is 5.78 Å². The Balaban J connectivity index is 1.31. The minimum Gasteiger partial charge on any atom is -0.497 e. The van der Waals surface area contributed by atoms with Gasteiger partial charge >= 0.3 is 0 Å². The van der Waals surface area contributed by atoms with E-state index in [0.29, 0.717) is 12.8 Å². The predicted molar refractivity (Wildman–Crippen MR) is 126 cm³/mol. The molecule has 2 heterocycles. The Morgan fingerprint density at radius 3 is 2.61 bits per heavy atom. The van der Waals surface area contributed by atoms with Crippen LogP contribution in [0.5, 0.6) is 5.75 Å². The molecule has 2 aromatic heterocycles. The average molecular weight is 425 g/mol. The first-order valence-corrected chi connectivity index (χ1v) is 10.9. The van der Waals surface area contributed by atoms with Gasteiger partial charge in [-0.15, -0.1) is 11.3 Å². The van der Waals surface area contributed by atoms with Crippen LogP contribution in [0.2, 0.25) is 0 Å². The van der Waals surface area contributed by atoms with E-state index in [1.165, 1.54) is 0 Å². The number of carbonyl (C=O) groups excluding carboxylic acids is 1. The second-order valence-corrected chi connectivity index (χ2v) is 8.52. The number of fused-ring (bicyclic) bond motifs is 2. The van der Waals surface area contributed by atoms with Crippen molar-refractivity contribution in [2.24, 2.45) is 0 Å². The third kappa shape index (κ3) is 4.05. The van der Waals surface area contributed by atoms with E-state index < -0.39 is 0 Å². The smallest absolute Gasteiger partial charge is 0.144 e. The lowest BCUT2D eigenvalue weighted by Gasteiger charge is -2.07. The molecule has 0 saturated carbocycles. The number of benzene rings is 3. The fourth-order valence-electron chi connectivity index (χ4n) is 3.76. The minimum atomic E-state index is 0.160. The third-order valence-electron chi connectivity index (χ3n) is 5.30. The van der Waals surface area contributed by atoms with Gasteiger partial charge in [0.05, 0.1) is 29.3 Å². The number of thiazole rings is 1. The largest absolute Gasteiger partial charge is 0.497 e. The Morgan fingerprint density at radius 1 is 0.935 bits per heavy atom. The van der Waals surface area contributed by atoms with Gasteiger partial charge in [0.2, 0.25) is 0 Å². The summed E-state index contributed by atoms with van der Waals surface area (Å²) in [6, 6.07) is 24.2. The number of nitrogens with zero attached hydrogens (tertiary/aromatic N) is 2. The number of aromatic nitrogens is 2. The summed E-state index contributed by atoms with van der Waals surface area (Å²) in [6.45, 7) is 0. The van der Waals surface area contributed by atoms with Gasteiger partial charge in [0.15, 0.2) is 0 Å². The highest BCUT2D eigenvalue weighted by Gasteiger charge is 2.11. The van der Waals surface area contributed by atoms with E-state index in [9.17, 15) is 4.79 Å². The summed E-state index contributed by atoms with van der Waals surface area (Å²) in [5.41, 5.74) is 5.16. The molecule has 0 amide bonds. The highest BCUT2D eigenvalue weighted by atomic mass is 32.1. The number of ether oxygens (including phenoxy) is 1. The van der Waals surface area contributed by atoms with Crippen molar-refractivity contribution in [2.45, 2.75) is 12.8 Å². The Morgan fingerprint density at radius 2 is 1.77 bits per heavy atom. The van der Waals surface area contributed by atoms with Crippen LogP contribution in [0.1, 0.15) is 10.6 Å². The molecule has 0 bridgehead atoms. The Kier molecular flexibility index (Phi) is 5.18. The average Bonchev–Trinajstić information content (AvgIpc) is 3.20. The molecule has 0 radical (unpaired) electrons. The molecule has 0 aliphatic heterocycles. The van der Waals surface area contributed by atoms with Crippen LogP contribution in [0.4, 0.5) is 0 Å². The van der Waals surface area contributed by atoms with Gasteiger partial charge in [-0.3, -0.25) is 9.78 Å². The SMILES string of the molecule is COc1ccc2nc(CC(=O)Cc3ccc(-c4ccnc5ccccc45)cc3)sc2c1. The van der Waals surface area contributed by atoms with E-state index in [4.69, 9.17) is 4.74 Å². The number of para-hydroxylation sites is 1. The van der Waals surface area contributed by atoms with Crippen molar-refractivity contribution in [1.82, 2.24) is 9.97 Å². The first kappa shape index (κ1) is 19.4. The highest BCUT2D eigenvalue weighted by molar-refractivity contribution is 7.18. The Bertz CT molecular complexity index is 1380. The van der Waals surface area contributed by atoms with Crippen molar-refractivity contribution >= 4 is 38.2 Å². The lowest BCUT2D eigenvalue weighted by molar-refractivity contribution is -0.117. The maximum absolute atomic E-state index is 12.6. The molecule has 5 rings (SSSR count). The molecular weight excluding hydrogens is 404 g/mol. The molecule has 31 heavy (non-hydrogen) atoms. The zero-order valence-corrected chi connectivity index (χ0v) is 17.9. The molecule has 5 aromatic rings. The number of Topliss-reactive ketones (excluding diaryl/α,β-unsaturated/α-hetero) is 1.